The SMILES string of the molecule is CCOc1ccc(C(=O)NCC(=O)OCC(=O)NC(=O)c2ccccc2OC)cc1. The molecule has 0 heterocycles. The first kappa shape index (κ1) is 22.4. The van der Waals surface area contributed by atoms with E-state index < -0.39 is 36.8 Å². The molecule has 158 valence electrons. The van der Waals surface area contributed by atoms with E-state index in [9.17, 15) is 19.2 Å². The van der Waals surface area contributed by atoms with Crippen molar-refractivity contribution in [3.05, 3.63) is 59.7 Å². The lowest BCUT2D eigenvalue weighted by Crippen LogP contribution is -2.36. The molecule has 0 aromatic heterocycles. The maximum atomic E-state index is 12.1. The van der Waals surface area contributed by atoms with Crippen LogP contribution < -0.4 is 20.1 Å². The Kier molecular flexibility index (Phi) is 8.37. The summed E-state index contributed by atoms with van der Waals surface area (Å²) in [5.41, 5.74) is 0.508. The monoisotopic (exact) mass is 414 g/mol. The number of carbonyl (C=O) groups is 4. The smallest absolute Gasteiger partial charge is 0.325 e. The Balaban J connectivity index is 1.75. The van der Waals surface area contributed by atoms with Crippen LogP contribution in [-0.4, -0.2) is 50.6 Å². The summed E-state index contributed by atoms with van der Waals surface area (Å²) in [6, 6.07) is 12.8. The average Bonchev–Trinajstić information content (AvgIpc) is 2.76. The van der Waals surface area contributed by atoms with Gasteiger partial charge in [0.25, 0.3) is 17.7 Å². The molecule has 0 saturated heterocycles. The molecule has 0 spiro atoms. The van der Waals surface area contributed by atoms with Gasteiger partial charge in [0.1, 0.15) is 18.0 Å². The number of hydrogen-bond acceptors (Lipinski definition) is 7. The summed E-state index contributed by atoms with van der Waals surface area (Å²) in [5.74, 6) is -1.87. The van der Waals surface area contributed by atoms with Crippen molar-refractivity contribution in [3.63, 3.8) is 0 Å². The fraction of sp³-hybridized carbons (Fsp3) is 0.238. The Hall–Kier alpha value is -3.88. The predicted molar refractivity (Wildman–Crippen MR) is 106 cm³/mol. The van der Waals surface area contributed by atoms with Gasteiger partial charge in [-0.05, 0) is 43.3 Å². The van der Waals surface area contributed by atoms with Gasteiger partial charge in [-0.15, -0.1) is 0 Å². The van der Waals surface area contributed by atoms with E-state index >= 15 is 0 Å². The molecule has 0 aliphatic heterocycles. The van der Waals surface area contributed by atoms with Crippen LogP contribution in [0.3, 0.4) is 0 Å². The zero-order chi connectivity index (χ0) is 21.9. The number of esters is 1. The van der Waals surface area contributed by atoms with Gasteiger partial charge < -0.3 is 19.5 Å². The van der Waals surface area contributed by atoms with Crippen molar-refractivity contribution in [2.24, 2.45) is 0 Å². The Morgan fingerprint density at radius 2 is 1.63 bits per heavy atom. The van der Waals surface area contributed by atoms with Gasteiger partial charge in [-0.3, -0.25) is 24.5 Å². The van der Waals surface area contributed by atoms with E-state index in [4.69, 9.17) is 14.2 Å². The van der Waals surface area contributed by atoms with Gasteiger partial charge in [-0.1, -0.05) is 12.1 Å². The Morgan fingerprint density at radius 1 is 0.933 bits per heavy atom. The molecule has 0 atom stereocenters. The molecule has 9 heteroatoms. The molecule has 30 heavy (non-hydrogen) atoms. The fourth-order valence-corrected chi connectivity index (χ4v) is 2.38. The molecule has 0 unspecified atom stereocenters. The average molecular weight is 414 g/mol. The Bertz CT molecular complexity index is 910. The molecule has 2 aromatic rings. The maximum absolute atomic E-state index is 12.1. The van der Waals surface area contributed by atoms with E-state index in [-0.39, 0.29) is 5.56 Å². The summed E-state index contributed by atoms with van der Waals surface area (Å²) in [7, 11) is 1.40. The summed E-state index contributed by atoms with van der Waals surface area (Å²) in [5, 5.41) is 4.48. The van der Waals surface area contributed by atoms with E-state index in [1.54, 1.807) is 42.5 Å². The molecule has 0 saturated carbocycles. The number of hydrogen-bond donors (Lipinski definition) is 2. The minimum Gasteiger partial charge on any atom is -0.496 e. The molecule has 0 aliphatic rings. The lowest BCUT2D eigenvalue weighted by atomic mass is 10.2. The quantitative estimate of drug-likeness (QED) is 0.594. The van der Waals surface area contributed by atoms with Gasteiger partial charge in [0, 0.05) is 5.56 Å². The first-order chi connectivity index (χ1) is 14.4. The molecule has 0 aliphatic carbocycles. The van der Waals surface area contributed by atoms with E-state index in [0.717, 1.165) is 0 Å². The second-order valence-corrected chi connectivity index (χ2v) is 5.88. The number of methoxy groups -OCH3 is 1. The minimum atomic E-state index is -0.825. The normalized spacial score (nSPS) is 9.93. The topological polar surface area (TPSA) is 120 Å². The third kappa shape index (κ3) is 6.62. The van der Waals surface area contributed by atoms with Gasteiger partial charge in [0.05, 0.1) is 19.3 Å². The molecule has 3 amide bonds. The summed E-state index contributed by atoms with van der Waals surface area (Å²) < 4.78 is 15.1. The molecule has 9 nitrogen and oxygen atoms in total. The van der Waals surface area contributed by atoms with Crippen LogP contribution in [0.5, 0.6) is 11.5 Å². The molecular formula is C21H22N2O7. The molecule has 0 bridgehead atoms. The van der Waals surface area contributed by atoms with Gasteiger partial charge in [-0.2, -0.15) is 0 Å². The first-order valence-corrected chi connectivity index (χ1v) is 9.08. The summed E-state index contributed by atoms with van der Waals surface area (Å²) in [6.07, 6.45) is 0. The van der Waals surface area contributed by atoms with Gasteiger partial charge in [0.15, 0.2) is 6.61 Å². The number of nitrogens with one attached hydrogen (secondary N) is 2. The standard InChI is InChI=1S/C21H22N2O7/c1-3-29-15-10-8-14(9-11-15)20(26)22-12-19(25)30-13-18(24)23-21(27)16-6-4-5-7-17(16)28-2/h4-11H,3,12-13H2,1-2H3,(H,22,26)(H,23,24,27). The van der Waals surface area contributed by atoms with Gasteiger partial charge in [-0.25, -0.2) is 0 Å². The second kappa shape index (κ2) is 11.2. The van der Waals surface area contributed by atoms with E-state index in [0.29, 0.717) is 23.7 Å². The van der Waals surface area contributed by atoms with Crippen LogP contribution in [0.15, 0.2) is 48.5 Å². The fourth-order valence-electron chi connectivity index (χ4n) is 2.38. The van der Waals surface area contributed by atoms with E-state index in [1.807, 2.05) is 6.92 Å². The Morgan fingerprint density at radius 3 is 2.30 bits per heavy atom. The van der Waals surface area contributed by atoms with Crippen molar-refractivity contribution in [2.45, 2.75) is 6.92 Å². The summed E-state index contributed by atoms with van der Waals surface area (Å²) in [6.45, 7) is 1.26. The largest absolute Gasteiger partial charge is 0.496 e. The van der Waals surface area contributed by atoms with Gasteiger partial charge >= 0.3 is 5.97 Å². The van der Waals surface area contributed by atoms with Crippen LogP contribution in [0.25, 0.3) is 0 Å². The Labute approximate surface area is 173 Å². The van der Waals surface area contributed by atoms with E-state index in [2.05, 4.69) is 10.6 Å². The lowest BCUT2D eigenvalue weighted by molar-refractivity contribution is -0.147. The van der Waals surface area contributed by atoms with Crippen LogP contribution in [0.1, 0.15) is 27.6 Å². The number of para-hydroxylation sites is 1. The lowest BCUT2D eigenvalue weighted by Gasteiger charge is -2.09. The highest BCUT2D eigenvalue weighted by Crippen LogP contribution is 2.16. The zero-order valence-electron chi connectivity index (χ0n) is 16.6. The molecule has 2 N–H and O–H groups in total. The first-order valence-electron chi connectivity index (χ1n) is 9.08. The second-order valence-electron chi connectivity index (χ2n) is 5.88. The van der Waals surface area contributed by atoms with Crippen LogP contribution in [0, 0.1) is 0 Å². The number of imide groups is 1. The highest BCUT2D eigenvalue weighted by Gasteiger charge is 2.16. The van der Waals surface area contributed by atoms with Crippen LogP contribution in [-0.2, 0) is 14.3 Å². The number of ether oxygens (including phenoxy) is 3. The van der Waals surface area contributed by atoms with Crippen LogP contribution in [0.4, 0.5) is 0 Å². The van der Waals surface area contributed by atoms with Crippen molar-refractivity contribution < 1.29 is 33.4 Å². The molecule has 2 aromatic carbocycles. The van der Waals surface area contributed by atoms with E-state index in [1.165, 1.54) is 13.2 Å². The summed E-state index contributed by atoms with van der Waals surface area (Å²) in [4.78, 5) is 47.7. The van der Waals surface area contributed by atoms with Crippen molar-refractivity contribution >= 4 is 23.7 Å². The molecular weight excluding hydrogens is 392 g/mol. The maximum Gasteiger partial charge on any atom is 0.325 e. The summed E-state index contributed by atoms with van der Waals surface area (Å²) >= 11 is 0. The zero-order valence-corrected chi connectivity index (χ0v) is 16.6. The van der Waals surface area contributed by atoms with Crippen molar-refractivity contribution in [2.75, 3.05) is 26.9 Å². The van der Waals surface area contributed by atoms with Gasteiger partial charge in [0.2, 0.25) is 0 Å². The molecule has 0 radical (unpaired) electrons. The van der Waals surface area contributed by atoms with Crippen molar-refractivity contribution in [1.29, 1.82) is 0 Å². The number of rotatable bonds is 9. The highest BCUT2D eigenvalue weighted by molar-refractivity contribution is 6.06. The highest BCUT2D eigenvalue weighted by atomic mass is 16.5. The third-order valence-corrected chi connectivity index (χ3v) is 3.79. The van der Waals surface area contributed by atoms with Crippen molar-refractivity contribution in [3.8, 4) is 11.5 Å². The third-order valence-electron chi connectivity index (χ3n) is 3.79. The predicted octanol–water partition coefficient (Wildman–Crippen LogP) is 1.32. The minimum absolute atomic E-state index is 0.169. The van der Waals surface area contributed by atoms with Crippen LogP contribution in [0.2, 0.25) is 0 Å². The van der Waals surface area contributed by atoms with Crippen LogP contribution >= 0.6 is 0 Å². The number of carbonyl (C=O) groups excluding carboxylic acids is 4. The molecule has 2 rings (SSSR count). The number of amides is 3. The molecule has 0 fully saturated rings. The van der Waals surface area contributed by atoms with Crippen molar-refractivity contribution in [1.82, 2.24) is 10.6 Å². The number of benzene rings is 2.